The molecular weight excluding hydrogens is 260 g/mol. The van der Waals surface area contributed by atoms with Crippen LogP contribution in [0.1, 0.15) is 18.4 Å². The zero-order chi connectivity index (χ0) is 14.4. The Morgan fingerprint density at radius 1 is 1.45 bits per heavy atom. The average molecular weight is 280 g/mol. The lowest BCUT2D eigenvalue weighted by atomic mass is 10.0. The third-order valence-electron chi connectivity index (χ3n) is 3.56. The summed E-state index contributed by atoms with van der Waals surface area (Å²) >= 11 is 0. The van der Waals surface area contributed by atoms with Crippen LogP contribution in [0.2, 0.25) is 0 Å². The van der Waals surface area contributed by atoms with E-state index in [0.29, 0.717) is 18.2 Å². The van der Waals surface area contributed by atoms with E-state index in [0.717, 1.165) is 38.2 Å². The van der Waals surface area contributed by atoms with Gasteiger partial charge < -0.3 is 14.8 Å². The molecule has 20 heavy (non-hydrogen) atoms. The van der Waals surface area contributed by atoms with E-state index < -0.39 is 0 Å². The number of methoxy groups -OCH3 is 1. The normalized spacial score (nSPS) is 16.1. The van der Waals surface area contributed by atoms with Crippen LogP contribution >= 0.6 is 0 Å². The van der Waals surface area contributed by atoms with E-state index in [-0.39, 0.29) is 10.6 Å². The largest absolute Gasteiger partial charge is 0.496 e. The number of rotatable bonds is 6. The average Bonchev–Trinajstić information content (AvgIpc) is 2.48. The topological polar surface area (TPSA) is 73.6 Å². The third-order valence-corrected chi connectivity index (χ3v) is 3.56. The van der Waals surface area contributed by atoms with Gasteiger partial charge in [0.15, 0.2) is 0 Å². The van der Waals surface area contributed by atoms with Crippen LogP contribution in [0.5, 0.6) is 5.75 Å². The number of hydrogen-bond acceptors (Lipinski definition) is 5. The number of non-ortho nitro benzene ring substituents is 1. The standard InChI is InChI=1S/C14H20N2O4/c1-19-14-3-2-13(16(17)18)8-12(14)10-15-9-11-4-6-20-7-5-11/h2-3,8,11,15H,4-7,9-10H2,1H3. The second kappa shape index (κ2) is 7.21. The maximum absolute atomic E-state index is 10.8. The molecule has 1 saturated heterocycles. The SMILES string of the molecule is COc1ccc([N+](=O)[O-])cc1CNCC1CCOCC1. The number of nitro groups is 1. The summed E-state index contributed by atoms with van der Waals surface area (Å²) in [6.07, 6.45) is 2.14. The summed E-state index contributed by atoms with van der Waals surface area (Å²) in [4.78, 5) is 10.4. The molecule has 1 aromatic rings. The van der Waals surface area contributed by atoms with Crippen molar-refractivity contribution in [2.45, 2.75) is 19.4 Å². The number of ether oxygens (including phenoxy) is 2. The quantitative estimate of drug-likeness (QED) is 0.638. The van der Waals surface area contributed by atoms with Gasteiger partial charge in [0.2, 0.25) is 0 Å². The molecule has 0 aliphatic carbocycles. The zero-order valence-electron chi connectivity index (χ0n) is 11.6. The Morgan fingerprint density at radius 3 is 2.85 bits per heavy atom. The van der Waals surface area contributed by atoms with Crippen molar-refractivity contribution in [2.75, 3.05) is 26.9 Å². The van der Waals surface area contributed by atoms with Gasteiger partial charge in [-0.15, -0.1) is 0 Å². The van der Waals surface area contributed by atoms with Gasteiger partial charge in [0, 0.05) is 37.5 Å². The summed E-state index contributed by atoms with van der Waals surface area (Å²) in [5, 5.41) is 14.2. The van der Waals surface area contributed by atoms with E-state index in [2.05, 4.69) is 5.32 Å². The molecule has 2 rings (SSSR count). The van der Waals surface area contributed by atoms with Gasteiger partial charge in [-0.2, -0.15) is 0 Å². The Morgan fingerprint density at radius 2 is 2.20 bits per heavy atom. The summed E-state index contributed by atoms with van der Waals surface area (Å²) in [6, 6.07) is 4.67. The van der Waals surface area contributed by atoms with Crippen molar-refractivity contribution in [3.8, 4) is 5.75 Å². The zero-order valence-corrected chi connectivity index (χ0v) is 11.6. The van der Waals surface area contributed by atoms with Crippen molar-refractivity contribution in [1.29, 1.82) is 0 Å². The van der Waals surface area contributed by atoms with E-state index in [1.165, 1.54) is 6.07 Å². The third kappa shape index (κ3) is 3.91. The fourth-order valence-corrected chi connectivity index (χ4v) is 2.38. The molecule has 1 aliphatic rings. The van der Waals surface area contributed by atoms with Crippen molar-refractivity contribution >= 4 is 5.69 Å². The van der Waals surface area contributed by atoms with Crippen molar-refractivity contribution in [3.05, 3.63) is 33.9 Å². The van der Waals surface area contributed by atoms with Crippen LogP contribution in [0, 0.1) is 16.0 Å². The molecule has 0 bridgehead atoms. The molecule has 6 heteroatoms. The first kappa shape index (κ1) is 14.7. The van der Waals surface area contributed by atoms with Gasteiger partial charge >= 0.3 is 0 Å². The summed E-state index contributed by atoms with van der Waals surface area (Å²) in [7, 11) is 1.57. The Balaban J connectivity index is 1.93. The summed E-state index contributed by atoms with van der Waals surface area (Å²) in [5.74, 6) is 1.29. The van der Waals surface area contributed by atoms with E-state index in [9.17, 15) is 10.1 Å². The Hall–Kier alpha value is -1.66. The van der Waals surface area contributed by atoms with Gasteiger partial charge in [-0.25, -0.2) is 0 Å². The van der Waals surface area contributed by atoms with Crippen LogP contribution < -0.4 is 10.1 Å². The molecule has 0 radical (unpaired) electrons. The number of nitrogens with zero attached hydrogens (tertiary/aromatic N) is 1. The first-order chi connectivity index (χ1) is 9.70. The van der Waals surface area contributed by atoms with E-state index >= 15 is 0 Å². The predicted molar refractivity (Wildman–Crippen MR) is 74.9 cm³/mol. The van der Waals surface area contributed by atoms with Crippen molar-refractivity contribution in [3.63, 3.8) is 0 Å². The Labute approximate surface area is 118 Å². The summed E-state index contributed by atoms with van der Waals surface area (Å²) in [6.45, 7) is 3.12. The molecule has 0 aromatic heterocycles. The molecule has 0 spiro atoms. The number of nitro benzene ring substituents is 1. The second-order valence-corrected chi connectivity index (χ2v) is 4.94. The van der Waals surface area contributed by atoms with Crippen LogP contribution in [-0.4, -0.2) is 31.8 Å². The minimum absolute atomic E-state index is 0.0914. The first-order valence-corrected chi connectivity index (χ1v) is 6.80. The van der Waals surface area contributed by atoms with Crippen LogP contribution in [0.3, 0.4) is 0 Å². The minimum atomic E-state index is -0.387. The fourth-order valence-electron chi connectivity index (χ4n) is 2.38. The molecule has 1 heterocycles. The predicted octanol–water partition coefficient (Wildman–Crippen LogP) is 2.12. The Bertz CT molecular complexity index is 458. The van der Waals surface area contributed by atoms with Crippen LogP contribution in [0.15, 0.2) is 18.2 Å². The fraction of sp³-hybridized carbons (Fsp3) is 0.571. The monoisotopic (exact) mass is 280 g/mol. The molecule has 0 unspecified atom stereocenters. The molecule has 0 saturated carbocycles. The van der Waals surface area contributed by atoms with E-state index in [1.807, 2.05) is 0 Å². The highest BCUT2D eigenvalue weighted by molar-refractivity contribution is 5.43. The lowest BCUT2D eigenvalue weighted by Crippen LogP contribution is -2.27. The molecule has 110 valence electrons. The highest BCUT2D eigenvalue weighted by Gasteiger charge is 2.14. The Kier molecular flexibility index (Phi) is 5.31. The van der Waals surface area contributed by atoms with Gasteiger partial charge in [0.25, 0.3) is 5.69 Å². The van der Waals surface area contributed by atoms with Crippen LogP contribution in [-0.2, 0) is 11.3 Å². The maximum Gasteiger partial charge on any atom is 0.270 e. The molecule has 0 amide bonds. The summed E-state index contributed by atoms with van der Waals surface area (Å²) in [5.41, 5.74) is 0.905. The molecule has 1 aromatic carbocycles. The molecule has 1 N–H and O–H groups in total. The lowest BCUT2D eigenvalue weighted by Gasteiger charge is -2.22. The van der Waals surface area contributed by atoms with Crippen LogP contribution in [0.25, 0.3) is 0 Å². The smallest absolute Gasteiger partial charge is 0.270 e. The van der Waals surface area contributed by atoms with Gasteiger partial charge in [0.1, 0.15) is 5.75 Å². The second-order valence-electron chi connectivity index (χ2n) is 4.94. The van der Waals surface area contributed by atoms with Gasteiger partial charge in [-0.1, -0.05) is 0 Å². The number of nitrogens with one attached hydrogen (secondary N) is 1. The van der Waals surface area contributed by atoms with Crippen molar-refractivity contribution in [1.82, 2.24) is 5.32 Å². The minimum Gasteiger partial charge on any atom is -0.496 e. The molecule has 1 aliphatic heterocycles. The number of benzene rings is 1. The highest BCUT2D eigenvalue weighted by Crippen LogP contribution is 2.24. The van der Waals surface area contributed by atoms with Gasteiger partial charge in [0.05, 0.1) is 12.0 Å². The van der Waals surface area contributed by atoms with Crippen LogP contribution in [0.4, 0.5) is 5.69 Å². The van der Waals surface area contributed by atoms with Crippen molar-refractivity contribution < 1.29 is 14.4 Å². The van der Waals surface area contributed by atoms with Gasteiger partial charge in [-0.3, -0.25) is 10.1 Å². The van der Waals surface area contributed by atoms with E-state index in [4.69, 9.17) is 9.47 Å². The summed E-state index contributed by atoms with van der Waals surface area (Å²) < 4.78 is 10.6. The van der Waals surface area contributed by atoms with Crippen molar-refractivity contribution in [2.24, 2.45) is 5.92 Å². The highest BCUT2D eigenvalue weighted by atomic mass is 16.6. The van der Waals surface area contributed by atoms with E-state index in [1.54, 1.807) is 19.2 Å². The molecular formula is C14H20N2O4. The lowest BCUT2D eigenvalue weighted by molar-refractivity contribution is -0.384. The van der Waals surface area contributed by atoms with Gasteiger partial charge in [-0.05, 0) is 31.4 Å². The molecule has 1 fully saturated rings. The molecule has 0 atom stereocenters. The molecule has 6 nitrogen and oxygen atoms in total. The number of hydrogen-bond donors (Lipinski definition) is 1. The first-order valence-electron chi connectivity index (χ1n) is 6.80. The maximum atomic E-state index is 10.8.